The van der Waals surface area contributed by atoms with E-state index in [4.69, 9.17) is 5.26 Å². The van der Waals surface area contributed by atoms with Crippen LogP contribution in [0.2, 0.25) is 0 Å². The molecule has 0 bridgehead atoms. The fraction of sp³-hybridized carbons (Fsp3) is 0.188. The van der Waals surface area contributed by atoms with Crippen LogP contribution in [0.1, 0.15) is 23.6 Å². The molecule has 0 saturated carbocycles. The quantitative estimate of drug-likeness (QED) is 0.912. The van der Waals surface area contributed by atoms with Crippen LogP contribution < -0.4 is 5.32 Å². The molecular formula is C16H14F2N2. The SMILES string of the molecule is CCc1ccccc1CNc1ccc(C#N)c(F)c1F. The summed E-state index contributed by atoms with van der Waals surface area (Å²) in [4.78, 5) is 0. The monoisotopic (exact) mass is 272 g/mol. The Bertz CT molecular complexity index is 660. The highest BCUT2D eigenvalue weighted by Crippen LogP contribution is 2.21. The molecule has 0 aliphatic rings. The highest BCUT2D eigenvalue weighted by molar-refractivity contribution is 5.50. The van der Waals surface area contributed by atoms with Gasteiger partial charge in [0.1, 0.15) is 6.07 Å². The Labute approximate surface area is 116 Å². The zero-order chi connectivity index (χ0) is 14.5. The van der Waals surface area contributed by atoms with E-state index in [-0.39, 0.29) is 11.3 Å². The van der Waals surface area contributed by atoms with Crippen LogP contribution in [0, 0.1) is 23.0 Å². The number of nitriles is 1. The molecule has 2 aromatic carbocycles. The maximum Gasteiger partial charge on any atom is 0.183 e. The summed E-state index contributed by atoms with van der Waals surface area (Å²) in [6, 6.07) is 12.1. The second-order valence-corrected chi connectivity index (χ2v) is 4.38. The Morgan fingerprint density at radius 3 is 2.40 bits per heavy atom. The second-order valence-electron chi connectivity index (χ2n) is 4.38. The Balaban J connectivity index is 2.20. The van der Waals surface area contributed by atoms with Gasteiger partial charge in [-0.2, -0.15) is 5.26 Å². The molecule has 0 atom stereocenters. The van der Waals surface area contributed by atoms with Gasteiger partial charge in [0.25, 0.3) is 0 Å². The van der Waals surface area contributed by atoms with E-state index in [1.54, 1.807) is 6.07 Å². The van der Waals surface area contributed by atoms with Crippen LogP contribution in [0.25, 0.3) is 0 Å². The van der Waals surface area contributed by atoms with E-state index in [2.05, 4.69) is 5.32 Å². The van der Waals surface area contributed by atoms with E-state index >= 15 is 0 Å². The fourth-order valence-electron chi connectivity index (χ4n) is 2.04. The molecule has 0 unspecified atom stereocenters. The van der Waals surface area contributed by atoms with Crippen LogP contribution in [-0.4, -0.2) is 0 Å². The van der Waals surface area contributed by atoms with Crippen molar-refractivity contribution in [3.05, 3.63) is 64.7 Å². The molecule has 0 radical (unpaired) electrons. The van der Waals surface area contributed by atoms with Gasteiger partial charge >= 0.3 is 0 Å². The average Bonchev–Trinajstić information content (AvgIpc) is 2.49. The van der Waals surface area contributed by atoms with Gasteiger partial charge in [0.15, 0.2) is 11.6 Å². The van der Waals surface area contributed by atoms with E-state index in [0.717, 1.165) is 17.5 Å². The van der Waals surface area contributed by atoms with Crippen molar-refractivity contribution in [2.75, 3.05) is 5.32 Å². The number of nitrogens with zero attached hydrogens (tertiary/aromatic N) is 1. The summed E-state index contributed by atoms with van der Waals surface area (Å²) in [5, 5.41) is 11.5. The number of hydrogen-bond donors (Lipinski definition) is 1. The van der Waals surface area contributed by atoms with Crippen LogP contribution in [0.15, 0.2) is 36.4 Å². The first-order chi connectivity index (χ1) is 9.67. The zero-order valence-corrected chi connectivity index (χ0v) is 11.1. The molecule has 0 aliphatic heterocycles. The Morgan fingerprint density at radius 2 is 1.75 bits per heavy atom. The van der Waals surface area contributed by atoms with Crippen LogP contribution >= 0.6 is 0 Å². The predicted molar refractivity (Wildman–Crippen MR) is 74.2 cm³/mol. The first-order valence-corrected chi connectivity index (χ1v) is 6.36. The molecule has 20 heavy (non-hydrogen) atoms. The molecule has 0 heterocycles. The van der Waals surface area contributed by atoms with Gasteiger partial charge in [-0.1, -0.05) is 31.2 Å². The number of benzene rings is 2. The van der Waals surface area contributed by atoms with Gasteiger partial charge in [-0.15, -0.1) is 0 Å². The normalized spacial score (nSPS) is 10.1. The van der Waals surface area contributed by atoms with Gasteiger partial charge < -0.3 is 5.32 Å². The van der Waals surface area contributed by atoms with Gasteiger partial charge in [-0.3, -0.25) is 0 Å². The molecule has 2 aromatic rings. The van der Waals surface area contributed by atoms with Gasteiger partial charge in [0.05, 0.1) is 11.3 Å². The summed E-state index contributed by atoms with van der Waals surface area (Å²) in [6.07, 6.45) is 0.877. The third-order valence-corrected chi connectivity index (χ3v) is 3.17. The van der Waals surface area contributed by atoms with Crippen molar-refractivity contribution in [1.29, 1.82) is 5.26 Å². The van der Waals surface area contributed by atoms with Crippen LogP contribution in [-0.2, 0) is 13.0 Å². The molecule has 0 aliphatic carbocycles. The third-order valence-electron chi connectivity index (χ3n) is 3.17. The van der Waals surface area contributed by atoms with E-state index < -0.39 is 11.6 Å². The fourth-order valence-corrected chi connectivity index (χ4v) is 2.04. The zero-order valence-electron chi connectivity index (χ0n) is 11.1. The van der Waals surface area contributed by atoms with Crippen molar-refractivity contribution in [3.8, 4) is 6.07 Å². The van der Waals surface area contributed by atoms with Crippen LogP contribution in [0.4, 0.5) is 14.5 Å². The largest absolute Gasteiger partial charge is 0.378 e. The van der Waals surface area contributed by atoms with Gasteiger partial charge in [-0.25, -0.2) is 8.78 Å². The van der Waals surface area contributed by atoms with E-state index in [9.17, 15) is 8.78 Å². The summed E-state index contributed by atoms with van der Waals surface area (Å²) in [7, 11) is 0. The molecular weight excluding hydrogens is 258 g/mol. The van der Waals surface area contributed by atoms with Crippen LogP contribution in [0.5, 0.6) is 0 Å². The van der Waals surface area contributed by atoms with Gasteiger partial charge in [0.2, 0.25) is 0 Å². The topological polar surface area (TPSA) is 35.8 Å². The summed E-state index contributed by atoms with van der Waals surface area (Å²) in [6.45, 7) is 2.45. The highest BCUT2D eigenvalue weighted by atomic mass is 19.2. The summed E-state index contributed by atoms with van der Waals surface area (Å²) in [5.41, 5.74) is 1.98. The number of nitrogens with one attached hydrogen (secondary N) is 1. The third kappa shape index (κ3) is 2.77. The lowest BCUT2D eigenvalue weighted by atomic mass is 10.1. The Hall–Kier alpha value is -2.41. The van der Waals surface area contributed by atoms with Gasteiger partial charge in [0, 0.05) is 6.54 Å². The predicted octanol–water partition coefficient (Wildman–Crippen LogP) is 4.01. The summed E-state index contributed by atoms with van der Waals surface area (Å²) >= 11 is 0. The molecule has 0 saturated heterocycles. The molecule has 0 aromatic heterocycles. The standard InChI is InChI=1S/C16H14F2N2/c1-2-11-5-3-4-6-13(11)10-20-14-8-7-12(9-19)15(17)16(14)18/h3-8,20H,2,10H2,1H3. The number of rotatable bonds is 4. The summed E-state index contributed by atoms with van der Waals surface area (Å²) < 4.78 is 27.2. The highest BCUT2D eigenvalue weighted by Gasteiger charge is 2.13. The first-order valence-electron chi connectivity index (χ1n) is 6.36. The second kappa shape index (κ2) is 6.16. The van der Waals surface area contributed by atoms with Crippen LogP contribution in [0.3, 0.4) is 0 Å². The number of halogens is 2. The number of aryl methyl sites for hydroxylation is 1. The molecule has 4 heteroatoms. The van der Waals surface area contributed by atoms with E-state index in [1.807, 2.05) is 31.2 Å². The van der Waals surface area contributed by atoms with Crippen molar-refractivity contribution in [1.82, 2.24) is 0 Å². The lowest BCUT2D eigenvalue weighted by molar-refractivity contribution is 0.508. The minimum atomic E-state index is -1.11. The average molecular weight is 272 g/mol. The van der Waals surface area contributed by atoms with Crippen molar-refractivity contribution >= 4 is 5.69 Å². The van der Waals surface area contributed by atoms with Crippen molar-refractivity contribution in [3.63, 3.8) is 0 Å². The molecule has 2 nitrogen and oxygen atoms in total. The lowest BCUT2D eigenvalue weighted by Crippen LogP contribution is -2.05. The van der Waals surface area contributed by atoms with Crippen molar-refractivity contribution in [2.24, 2.45) is 0 Å². The summed E-state index contributed by atoms with van der Waals surface area (Å²) in [5.74, 6) is -2.13. The molecule has 0 amide bonds. The van der Waals surface area contributed by atoms with E-state index in [0.29, 0.717) is 6.54 Å². The van der Waals surface area contributed by atoms with Gasteiger partial charge in [-0.05, 0) is 29.7 Å². The molecule has 0 fully saturated rings. The number of hydrogen-bond acceptors (Lipinski definition) is 2. The number of anilines is 1. The molecule has 1 N–H and O–H groups in total. The molecule has 2 rings (SSSR count). The van der Waals surface area contributed by atoms with Crippen molar-refractivity contribution < 1.29 is 8.78 Å². The lowest BCUT2D eigenvalue weighted by Gasteiger charge is -2.11. The maximum atomic E-state index is 13.7. The van der Waals surface area contributed by atoms with Crippen molar-refractivity contribution in [2.45, 2.75) is 19.9 Å². The van der Waals surface area contributed by atoms with E-state index in [1.165, 1.54) is 12.1 Å². The maximum absolute atomic E-state index is 13.7. The first kappa shape index (κ1) is 14.0. The minimum absolute atomic E-state index is 0.0624. The Morgan fingerprint density at radius 1 is 1.05 bits per heavy atom. The molecule has 0 spiro atoms. The Kier molecular flexibility index (Phi) is 4.31. The molecule has 102 valence electrons. The smallest absolute Gasteiger partial charge is 0.183 e. The minimum Gasteiger partial charge on any atom is -0.378 e.